The summed E-state index contributed by atoms with van der Waals surface area (Å²) in [6, 6.07) is 0. The van der Waals surface area contributed by atoms with Gasteiger partial charge in [-0.2, -0.15) is 0 Å². The van der Waals surface area contributed by atoms with Crippen molar-refractivity contribution in [3.8, 4) is 0 Å². The van der Waals surface area contributed by atoms with Gasteiger partial charge in [-0.25, -0.2) is 0 Å². The van der Waals surface area contributed by atoms with Gasteiger partial charge < -0.3 is 33.6 Å². The summed E-state index contributed by atoms with van der Waals surface area (Å²) in [6.07, 6.45) is 0. The number of hydrogen-bond donors (Lipinski definition) is 0. The molecule has 18 heteroatoms. The van der Waals surface area contributed by atoms with Gasteiger partial charge in [0, 0.05) is 0 Å². The fourth-order valence-electron chi connectivity index (χ4n) is 0.260. The molecule has 0 aromatic carbocycles. The summed E-state index contributed by atoms with van der Waals surface area (Å²) in [7, 11) is -17.9. The van der Waals surface area contributed by atoms with E-state index in [2.05, 4.69) is 8.62 Å². The molecule has 0 atom stereocenters. The van der Waals surface area contributed by atoms with Gasteiger partial charge in [0.25, 0.3) is 7.82 Å². The standard InChI is InChI=1S/5Ag.H5O10P3/c;;;;;1-11(2,3)9-13(7,8)10-12(4,5)6/h;;;;;(H,7,8)(H2,1,2,3)(H2,4,5,6)/q5*+1;/p-5. The van der Waals surface area contributed by atoms with Crippen molar-refractivity contribution in [2.24, 2.45) is 0 Å². The van der Waals surface area contributed by atoms with E-state index < -0.39 is 23.5 Å². The minimum atomic E-state index is -5.97. The molecular formula is Ag5O10P3. The third kappa shape index (κ3) is 28.3. The first-order chi connectivity index (χ1) is 5.41. The van der Waals surface area contributed by atoms with E-state index in [1.165, 1.54) is 0 Å². The van der Waals surface area contributed by atoms with Crippen LogP contribution in [0.25, 0.3) is 0 Å². The second-order valence-corrected chi connectivity index (χ2v) is 5.49. The Labute approximate surface area is 179 Å². The number of phosphoric acid groups is 3. The Morgan fingerprint density at radius 2 is 0.722 bits per heavy atom. The smallest absolute Gasteiger partial charge is 0.790 e. The topological polar surface area (TPSA) is 185 Å². The van der Waals surface area contributed by atoms with Gasteiger partial charge >= 0.3 is 112 Å². The van der Waals surface area contributed by atoms with E-state index in [0.29, 0.717) is 0 Å². The van der Waals surface area contributed by atoms with Crippen molar-refractivity contribution in [2.75, 3.05) is 0 Å². The van der Waals surface area contributed by atoms with Gasteiger partial charge in [0.1, 0.15) is 0 Å². The zero-order chi connectivity index (χ0) is 10.9. The minimum absolute atomic E-state index is 0. The van der Waals surface area contributed by atoms with E-state index in [1.54, 1.807) is 0 Å². The Bertz CT molecular complexity index is 287. The quantitative estimate of drug-likeness (QED) is 0.202. The summed E-state index contributed by atoms with van der Waals surface area (Å²) in [4.78, 5) is 48.6. The first kappa shape index (κ1) is 38.0. The van der Waals surface area contributed by atoms with Crippen LogP contribution in [-0.4, -0.2) is 0 Å². The second-order valence-electron chi connectivity index (χ2n) is 1.50. The number of hydrogen-bond acceptors (Lipinski definition) is 10. The fraction of sp³-hybridized carbons (Fsp3) is 0. The predicted molar refractivity (Wildman–Crippen MR) is 25.0 cm³/mol. The summed E-state index contributed by atoms with van der Waals surface area (Å²) < 4.78 is 34.7. The van der Waals surface area contributed by atoms with Crippen molar-refractivity contribution in [3.63, 3.8) is 0 Å². The molecular weight excluding hydrogens is 792 g/mol. The molecule has 0 unspecified atom stereocenters. The van der Waals surface area contributed by atoms with Crippen LogP contribution in [0.5, 0.6) is 0 Å². The first-order valence-electron chi connectivity index (χ1n) is 2.19. The molecule has 0 bridgehead atoms. The monoisotopic (exact) mass is 787 g/mol. The van der Waals surface area contributed by atoms with E-state index in [-0.39, 0.29) is 112 Å². The van der Waals surface area contributed by atoms with Crippen LogP contribution in [0.1, 0.15) is 0 Å². The predicted octanol–water partition coefficient (Wildman–Crippen LogP) is -3.87. The van der Waals surface area contributed by atoms with Crippen molar-refractivity contribution in [2.45, 2.75) is 0 Å². The average Bonchev–Trinajstić information content (AvgIpc) is 1.43. The molecule has 18 heavy (non-hydrogen) atoms. The van der Waals surface area contributed by atoms with E-state index >= 15 is 0 Å². The SMILES string of the molecule is O=P([O-])([O-])OP(=O)([O-])OP(=O)([O-])[O-].[Ag+].[Ag+].[Ag+].[Ag+].[Ag+]. The third-order valence-corrected chi connectivity index (χ3v) is 3.60. The molecule has 10 nitrogen and oxygen atoms in total. The molecule has 0 saturated carbocycles. The average molecular weight is 792 g/mol. The van der Waals surface area contributed by atoms with Crippen LogP contribution < -0.4 is 24.5 Å². The Morgan fingerprint density at radius 1 is 0.556 bits per heavy atom. The zero-order valence-corrected chi connectivity index (χ0v) is 17.0. The maximum atomic E-state index is 10.1. The Kier molecular flexibility index (Phi) is 31.0. The largest absolute Gasteiger partial charge is 1.00 e. The zero-order valence-electron chi connectivity index (χ0n) is 6.93. The Balaban J connectivity index is -0.0000000720. The van der Waals surface area contributed by atoms with E-state index in [0.717, 1.165) is 0 Å². The van der Waals surface area contributed by atoms with Gasteiger partial charge in [-0.3, -0.25) is 13.2 Å². The summed E-state index contributed by atoms with van der Waals surface area (Å²) >= 11 is 0. The van der Waals surface area contributed by atoms with Crippen LogP contribution >= 0.6 is 23.5 Å². The molecule has 0 rings (SSSR count). The van der Waals surface area contributed by atoms with Crippen LogP contribution in [0.3, 0.4) is 0 Å². The van der Waals surface area contributed by atoms with Crippen LogP contribution in [0.2, 0.25) is 0 Å². The van der Waals surface area contributed by atoms with Gasteiger partial charge in [-0.1, -0.05) is 0 Å². The van der Waals surface area contributed by atoms with E-state index in [4.69, 9.17) is 0 Å². The summed E-state index contributed by atoms with van der Waals surface area (Å²) in [5, 5.41) is 0. The summed E-state index contributed by atoms with van der Waals surface area (Å²) in [6.45, 7) is 0. The summed E-state index contributed by atoms with van der Waals surface area (Å²) in [5.41, 5.74) is 0. The molecule has 0 aliphatic heterocycles. The minimum Gasteiger partial charge on any atom is -0.790 e. The Hall–Kier alpha value is 4.11. The fourth-order valence-corrected chi connectivity index (χ4v) is 2.61. The van der Waals surface area contributed by atoms with Gasteiger partial charge in [0.05, 0.1) is 15.6 Å². The molecule has 0 radical (unpaired) electrons. The van der Waals surface area contributed by atoms with Crippen molar-refractivity contribution in [1.29, 1.82) is 0 Å². The molecule has 0 N–H and O–H groups in total. The van der Waals surface area contributed by atoms with Crippen LogP contribution in [0, 0.1) is 0 Å². The molecule has 0 aromatic rings. The molecule has 0 spiro atoms. The second kappa shape index (κ2) is 14.7. The van der Waals surface area contributed by atoms with Gasteiger partial charge in [-0.15, -0.1) is 0 Å². The molecule has 0 amide bonds. The van der Waals surface area contributed by atoms with Crippen molar-refractivity contribution < 1.29 is 159 Å². The Morgan fingerprint density at radius 3 is 0.833 bits per heavy atom. The molecule has 0 fully saturated rings. The molecule has 0 aliphatic carbocycles. The molecule has 0 heterocycles. The maximum absolute atomic E-state index is 10.1. The summed E-state index contributed by atoms with van der Waals surface area (Å²) in [5.74, 6) is 0. The molecule has 0 aliphatic rings. The van der Waals surface area contributed by atoms with Gasteiger partial charge in [0.15, 0.2) is 0 Å². The molecule has 0 aromatic heterocycles. The van der Waals surface area contributed by atoms with Crippen LogP contribution in [0.4, 0.5) is 0 Å². The van der Waals surface area contributed by atoms with E-state index in [1.807, 2.05) is 0 Å². The number of rotatable bonds is 4. The van der Waals surface area contributed by atoms with Crippen molar-refractivity contribution >= 4 is 23.5 Å². The maximum Gasteiger partial charge on any atom is 1.00 e. The van der Waals surface area contributed by atoms with Crippen molar-refractivity contribution in [1.82, 2.24) is 0 Å². The van der Waals surface area contributed by atoms with E-state index in [9.17, 15) is 38.2 Å². The first-order valence-corrected chi connectivity index (χ1v) is 6.57. The van der Waals surface area contributed by atoms with Crippen molar-refractivity contribution in [3.05, 3.63) is 0 Å². The van der Waals surface area contributed by atoms with Crippen LogP contribution in [-0.2, 0) is 134 Å². The molecule has 130 valence electrons. The normalized spacial score (nSPS) is 10.5. The van der Waals surface area contributed by atoms with Crippen LogP contribution in [0.15, 0.2) is 0 Å². The molecule has 0 saturated heterocycles. The van der Waals surface area contributed by atoms with Gasteiger partial charge in [0.2, 0.25) is 0 Å². The van der Waals surface area contributed by atoms with Gasteiger partial charge in [-0.05, 0) is 0 Å². The third-order valence-electron chi connectivity index (χ3n) is 0.400.